The van der Waals surface area contributed by atoms with Crippen molar-refractivity contribution in [1.82, 2.24) is 14.9 Å². The van der Waals surface area contributed by atoms with E-state index >= 15 is 0 Å². The number of aromatic nitrogens is 2. The average Bonchev–Trinajstić information content (AvgIpc) is 2.85. The molecule has 1 atom stereocenters. The lowest BCUT2D eigenvalue weighted by Gasteiger charge is -2.20. The van der Waals surface area contributed by atoms with Crippen LogP contribution in [0.1, 0.15) is 37.6 Å². The minimum absolute atomic E-state index is 0.510. The van der Waals surface area contributed by atoms with Gasteiger partial charge in [-0.2, -0.15) is 0 Å². The molecular formula is C17H24BrN3. The van der Waals surface area contributed by atoms with Gasteiger partial charge in [0.25, 0.3) is 0 Å². The molecular weight excluding hydrogens is 326 g/mol. The van der Waals surface area contributed by atoms with Crippen molar-refractivity contribution in [3.63, 3.8) is 0 Å². The molecule has 0 radical (unpaired) electrons. The molecule has 0 saturated carbocycles. The van der Waals surface area contributed by atoms with Crippen LogP contribution in [0.2, 0.25) is 0 Å². The molecule has 114 valence electrons. The van der Waals surface area contributed by atoms with Gasteiger partial charge in [0.2, 0.25) is 0 Å². The van der Waals surface area contributed by atoms with Gasteiger partial charge in [-0.3, -0.25) is 0 Å². The Bertz CT molecular complexity index is 545. The fourth-order valence-electron chi connectivity index (χ4n) is 2.44. The fraction of sp³-hybridized carbons (Fsp3) is 0.471. The van der Waals surface area contributed by atoms with Crippen LogP contribution in [0.5, 0.6) is 0 Å². The number of aryl methyl sites for hydroxylation is 2. The predicted molar refractivity (Wildman–Crippen MR) is 91.6 cm³/mol. The highest BCUT2D eigenvalue weighted by molar-refractivity contribution is 9.10. The van der Waals surface area contributed by atoms with E-state index in [1.54, 1.807) is 0 Å². The maximum atomic E-state index is 4.43. The molecule has 1 aromatic heterocycles. The first kappa shape index (κ1) is 16.2. The summed E-state index contributed by atoms with van der Waals surface area (Å²) in [7, 11) is 2.06. The Morgan fingerprint density at radius 1 is 1.24 bits per heavy atom. The number of hydrogen-bond donors (Lipinski definition) is 1. The van der Waals surface area contributed by atoms with Gasteiger partial charge in [-0.25, -0.2) is 4.98 Å². The molecule has 0 fully saturated rings. The van der Waals surface area contributed by atoms with Crippen LogP contribution in [-0.2, 0) is 13.5 Å². The van der Waals surface area contributed by atoms with Crippen molar-refractivity contribution >= 4 is 15.9 Å². The van der Waals surface area contributed by atoms with Gasteiger partial charge in [0.1, 0.15) is 5.82 Å². The molecule has 1 aromatic carbocycles. The van der Waals surface area contributed by atoms with E-state index in [2.05, 4.69) is 76.0 Å². The Balaban J connectivity index is 2.04. The molecule has 0 spiro atoms. The summed E-state index contributed by atoms with van der Waals surface area (Å²) in [6.07, 6.45) is 5.99. The molecule has 0 amide bonds. The van der Waals surface area contributed by atoms with Gasteiger partial charge in [-0.15, -0.1) is 0 Å². The minimum Gasteiger partial charge on any atom is -0.338 e. The van der Waals surface area contributed by atoms with Crippen LogP contribution in [-0.4, -0.2) is 22.1 Å². The molecule has 0 aliphatic heterocycles. The van der Waals surface area contributed by atoms with Crippen LogP contribution in [0.15, 0.2) is 41.1 Å². The molecule has 0 saturated heterocycles. The molecule has 0 bridgehead atoms. The Kier molecular flexibility index (Phi) is 6.00. The second kappa shape index (κ2) is 7.76. The largest absolute Gasteiger partial charge is 0.338 e. The summed E-state index contributed by atoms with van der Waals surface area (Å²) in [5.74, 6) is 1.67. The molecule has 3 nitrogen and oxygen atoms in total. The Morgan fingerprint density at radius 2 is 1.95 bits per heavy atom. The number of benzene rings is 1. The molecule has 2 aromatic rings. The van der Waals surface area contributed by atoms with Crippen LogP contribution in [0.3, 0.4) is 0 Å². The number of hydrogen-bond acceptors (Lipinski definition) is 2. The topological polar surface area (TPSA) is 29.9 Å². The van der Waals surface area contributed by atoms with Gasteiger partial charge in [0, 0.05) is 42.9 Å². The molecule has 1 N–H and O–H groups in total. The van der Waals surface area contributed by atoms with Crippen LogP contribution >= 0.6 is 15.9 Å². The highest BCUT2D eigenvalue weighted by atomic mass is 79.9. The zero-order chi connectivity index (χ0) is 15.2. The smallest absolute Gasteiger partial charge is 0.108 e. The number of nitrogens with zero attached hydrogens (tertiary/aromatic N) is 2. The third kappa shape index (κ3) is 4.97. The lowest BCUT2D eigenvalue weighted by molar-refractivity contribution is 0.502. The summed E-state index contributed by atoms with van der Waals surface area (Å²) in [6, 6.07) is 9.19. The monoisotopic (exact) mass is 349 g/mol. The van der Waals surface area contributed by atoms with Crippen LogP contribution < -0.4 is 5.32 Å². The lowest BCUT2D eigenvalue weighted by atomic mass is 9.93. The van der Waals surface area contributed by atoms with Gasteiger partial charge >= 0.3 is 0 Å². The van der Waals surface area contributed by atoms with E-state index in [1.807, 2.05) is 12.4 Å². The summed E-state index contributed by atoms with van der Waals surface area (Å²) in [5.41, 5.74) is 1.39. The average molecular weight is 350 g/mol. The van der Waals surface area contributed by atoms with Gasteiger partial charge in [-0.05, 0) is 30.0 Å². The molecule has 1 unspecified atom stereocenters. The van der Waals surface area contributed by atoms with Crippen molar-refractivity contribution in [1.29, 1.82) is 0 Å². The normalized spacial score (nSPS) is 12.8. The zero-order valence-electron chi connectivity index (χ0n) is 13.0. The highest BCUT2D eigenvalue weighted by Gasteiger charge is 2.13. The van der Waals surface area contributed by atoms with E-state index < -0.39 is 0 Å². The minimum atomic E-state index is 0.510. The Hall–Kier alpha value is -1.13. The van der Waals surface area contributed by atoms with Gasteiger partial charge in [-0.1, -0.05) is 41.9 Å². The summed E-state index contributed by atoms with van der Waals surface area (Å²) in [4.78, 5) is 4.43. The van der Waals surface area contributed by atoms with Crippen molar-refractivity contribution in [2.24, 2.45) is 7.05 Å². The molecule has 0 aliphatic carbocycles. The summed E-state index contributed by atoms with van der Waals surface area (Å²) < 4.78 is 3.24. The Labute approximate surface area is 135 Å². The first-order chi connectivity index (χ1) is 10.1. The van der Waals surface area contributed by atoms with Crippen LogP contribution in [0.25, 0.3) is 0 Å². The van der Waals surface area contributed by atoms with Crippen LogP contribution in [0, 0.1) is 0 Å². The SMILES string of the molecule is CC(C)NCC(CCc1nccn1C)c1ccc(Br)cc1. The van der Waals surface area contributed by atoms with Gasteiger partial charge < -0.3 is 9.88 Å². The van der Waals surface area contributed by atoms with Crippen molar-refractivity contribution in [3.05, 3.63) is 52.5 Å². The molecule has 21 heavy (non-hydrogen) atoms. The third-order valence-corrected chi connectivity index (χ3v) is 4.28. The summed E-state index contributed by atoms with van der Waals surface area (Å²) >= 11 is 3.51. The number of nitrogens with one attached hydrogen (secondary N) is 1. The lowest BCUT2D eigenvalue weighted by Crippen LogP contribution is -2.28. The second-order valence-electron chi connectivity index (χ2n) is 5.80. The number of rotatable bonds is 7. The van der Waals surface area contributed by atoms with E-state index in [0.29, 0.717) is 12.0 Å². The number of halogens is 1. The van der Waals surface area contributed by atoms with Gasteiger partial charge in [0.15, 0.2) is 0 Å². The second-order valence-corrected chi connectivity index (χ2v) is 6.72. The maximum absolute atomic E-state index is 4.43. The van der Waals surface area contributed by atoms with E-state index in [0.717, 1.165) is 29.7 Å². The third-order valence-electron chi connectivity index (χ3n) is 3.75. The van der Waals surface area contributed by atoms with Crippen molar-refractivity contribution in [3.8, 4) is 0 Å². The first-order valence-corrected chi connectivity index (χ1v) is 8.30. The summed E-state index contributed by atoms with van der Waals surface area (Å²) in [6.45, 7) is 5.39. The molecule has 2 rings (SSSR count). The molecule has 0 aliphatic rings. The van der Waals surface area contributed by atoms with E-state index in [1.165, 1.54) is 5.56 Å². The van der Waals surface area contributed by atoms with E-state index in [9.17, 15) is 0 Å². The van der Waals surface area contributed by atoms with Crippen molar-refractivity contribution in [2.75, 3.05) is 6.54 Å². The quantitative estimate of drug-likeness (QED) is 0.821. The van der Waals surface area contributed by atoms with Crippen LogP contribution in [0.4, 0.5) is 0 Å². The van der Waals surface area contributed by atoms with Gasteiger partial charge in [0.05, 0.1) is 0 Å². The van der Waals surface area contributed by atoms with Crippen molar-refractivity contribution < 1.29 is 0 Å². The standard InChI is InChI=1S/C17H24BrN3/c1-13(2)20-12-15(14-4-7-16(18)8-5-14)6-9-17-19-10-11-21(17)3/h4-5,7-8,10-11,13,15,20H,6,9,12H2,1-3H3. The number of imidazole rings is 1. The molecule has 1 heterocycles. The first-order valence-electron chi connectivity index (χ1n) is 7.51. The van der Waals surface area contributed by atoms with E-state index in [-0.39, 0.29) is 0 Å². The van der Waals surface area contributed by atoms with E-state index in [4.69, 9.17) is 0 Å². The van der Waals surface area contributed by atoms with Crippen molar-refractivity contribution in [2.45, 2.75) is 38.6 Å². The molecule has 4 heteroatoms. The zero-order valence-corrected chi connectivity index (χ0v) is 14.6. The maximum Gasteiger partial charge on any atom is 0.108 e. The Morgan fingerprint density at radius 3 is 2.52 bits per heavy atom. The predicted octanol–water partition coefficient (Wildman–Crippen LogP) is 3.90. The highest BCUT2D eigenvalue weighted by Crippen LogP contribution is 2.23. The summed E-state index contributed by atoms with van der Waals surface area (Å²) in [5, 5.41) is 3.56. The fourth-order valence-corrected chi connectivity index (χ4v) is 2.70.